The summed E-state index contributed by atoms with van der Waals surface area (Å²) in [7, 11) is 0. The first kappa shape index (κ1) is 28.8. The van der Waals surface area contributed by atoms with Crippen LogP contribution >= 0.6 is 0 Å². The van der Waals surface area contributed by atoms with E-state index in [2.05, 4.69) is 42.5 Å². The molecule has 9 aliphatic rings. The first-order valence-electron chi connectivity index (χ1n) is 17.9. The summed E-state index contributed by atoms with van der Waals surface area (Å²) in [4.78, 5) is 0. The van der Waals surface area contributed by atoms with Gasteiger partial charge in [-0.2, -0.15) is 0 Å². The molecule has 0 spiro atoms. The van der Waals surface area contributed by atoms with Gasteiger partial charge in [-0.25, -0.2) is 0 Å². The molecule has 4 saturated carbocycles. The summed E-state index contributed by atoms with van der Waals surface area (Å²) in [5.41, 5.74) is 0. The van der Waals surface area contributed by atoms with Crippen LogP contribution in [0.15, 0.2) is 0 Å². The molecule has 8 unspecified atom stereocenters. The average molecular weight is 737 g/mol. The third kappa shape index (κ3) is 5.06. The average Bonchev–Trinajstić information content (AvgIpc) is 3.73. The topological polar surface area (TPSA) is 96.2 Å². The molecule has 8 nitrogen and oxygen atoms in total. The zero-order chi connectivity index (χ0) is 26.2. The first-order chi connectivity index (χ1) is 19.8. The van der Waals surface area contributed by atoms with Crippen LogP contribution in [0.25, 0.3) is 0 Å². The van der Waals surface area contributed by atoms with Crippen LogP contribution in [0, 0.1) is 47.3 Å². The van der Waals surface area contributed by atoms with Crippen molar-refractivity contribution in [1.29, 1.82) is 0 Å². The van der Waals surface area contributed by atoms with Crippen molar-refractivity contribution in [2.24, 2.45) is 47.3 Å². The Morgan fingerprint density at radius 2 is 0.341 bits per heavy atom. The van der Waals surface area contributed by atoms with Crippen molar-refractivity contribution in [2.75, 3.05) is 0 Å². The molecule has 0 aromatic carbocycles. The van der Waals surface area contributed by atoms with E-state index in [0.717, 1.165) is 47.3 Å². The minimum atomic E-state index is 0. The zero-order valence-electron chi connectivity index (χ0n) is 25.0. The second kappa shape index (κ2) is 11.9. The van der Waals surface area contributed by atoms with Crippen molar-refractivity contribution in [3.05, 3.63) is 0 Å². The van der Waals surface area contributed by atoms with E-state index in [9.17, 15) is 0 Å². The molecule has 8 N–H and O–H groups in total. The van der Waals surface area contributed by atoms with Crippen LogP contribution in [0.3, 0.4) is 0 Å². The van der Waals surface area contributed by atoms with Crippen LogP contribution < -0.4 is 42.5 Å². The Labute approximate surface area is 262 Å². The van der Waals surface area contributed by atoms with Gasteiger partial charge in [-0.05, 0) is 98.7 Å². The largest absolute Gasteiger partial charge is 0.286 e. The van der Waals surface area contributed by atoms with Crippen LogP contribution in [-0.4, -0.2) is 49.3 Å². The molecule has 0 radical (unpaired) electrons. The number of nitrogens with one attached hydrogen (secondary N) is 8. The summed E-state index contributed by atoms with van der Waals surface area (Å²) in [5, 5.41) is 33.8. The molecule has 8 atom stereocenters. The Bertz CT molecular complexity index is 716. The number of hydrogen-bond donors (Lipinski definition) is 8. The molecule has 9 fully saturated rings. The minimum absolute atomic E-state index is 0. The van der Waals surface area contributed by atoms with Crippen LogP contribution in [0.5, 0.6) is 0 Å². The van der Waals surface area contributed by atoms with Gasteiger partial charge in [0.1, 0.15) is 0 Å². The van der Waals surface area contributed by atoms with E-state index >= 15 is 0 Å². The first-order valence-corrected chi connectivity index (χ1v) is 17.9. The van der Waals surface area contributed by atoms with E-state index < -0.39 is 0 Å². The summed E-state index contributed by atoms with van der Waals surface area (Å²) in [6.07, 6.45) is 25.6. The maximum Gasteiger partial charge on any atom is 0.0628 e. The van der Waals surface area contributed by atoms with Gasteiger partial charge in [0.2, 0.25) is 0 Å². The monoisotopic (exact) mass is 736 g/mol. The molecule has 230 valence electrons. The van der Waals surface area contributed by atoms with Crippen molar-refractivity contribution >= 4 is 0 Å². The molecule has 41 heavy (non-hydrogen) atoms. The van der Waals surface area contributed by atoms with E-state index in [1.165, 1.54) is 103 Å². The van der Waals surface area contributed by atoms with E-state index in [0.29, 0.717) is 49.3 Å². The maximum atomic E-state index is 4.26. The SMILES string of the molecule is C1CCC2C3NC(NC4NC(NC5NC(NC6NC(N3)C3CCCCC63)C3CCCCC53)C3CCCCC43)C2C1.[W]. The molecular formula is C32H56N8W. The van der Waals surface area contributed by atoms with Crippen LogP contribution in [0.4, 0.5) is 0 Å². The molecule has 5 saturated heterocycles. The summed E-state index contributed by atoms with van der Waals surface area (Å²) in [5.74, 6) is 5.97. The molecule has 5 aliphatic heterocycles. The quantitative estimate of drug-likeness (QED) is 0.193. The van der Waals surface area contributed by atoms with E-state index in [1.807, 2.05) is 0 Å². The maximum absolute atomic E-state index is 4.26. The van der Waals surface area contributed by atoms with E-state index in [1.54, 1.807) is 0 Å². The van der Waals surface area contributed by atoms with Gasteiger partial charge >= 0.3 is 0 Å². The molecule has 0 amide bonds. The smallest absolute Gasteiger partial charge is 0.0628 e. The van der Waals surface area contributed by atoms with Crippen LogP contribution in [-0.2, 0) is 21.1 Å². The molecule has 4 aliphatic carbocycles. The Morgan fingerprint density at radius 1 is 0.220 bits per heavy atom. The van der Waals surface area contributed by atoms with E-state index in [4.69, 9.17) is 0 Å². The number of rotatable bonds is 0. The molecular weight excluding hydrogens is 680 g/mol. The number of fused-ring (bicyclic) bond motifs is 20. The van der Waals surface area contributed by atoms with Gasteiger partial charge in [0, 0.05) is 21.1 Å². The molecule has 8 bridgehead atoms. The normalized spacial score (nSPS) is 56.2. The Morgan fingerprint density at radius 3 is 0.463 bits per heavy atom. The fraction of sp³-hybridized carbons (Fsp3) is 1.00. The van der Waals surface area contributed by atoms with Gasteiger partial charge in [-0.3, -0.25) is 42.5 Å². The summed E-state index contributed by atoms with van der Waals surface area (Å²) >= 11 is 0. The molecule has 5 heterocycles. The van der Waals surface area contributed by atoms with Gasteiger partial charge in [0.25, 0.3) is 0 Å². The summed E-state index contributed by atoms with van der Waals surface area (Å²) < 4.78 is 0. The van der Waals surface area contributed by atoms with Gasteiger partial charge < -0.3 is 0 Å². The van der Waals surface area contributed by atoms with Gasteiger partial charge in [-0.1, -0.05) is 51.4 Å². The second-order valence-corrected chi connectivity index (χ2v) is 15.6. The molecule has 0 aromatic rings. The third-order valence-electron chi connectivity index (χ3n) is 13.8. The Kier molecular flexibility index (Phi) is 8.40. The fourth-order valence-electron chi connectivity index (χ4n) is 12.0. The van der Waals surface area contributed by atoms with Crippen molar-refractivity contribution in [2.45, 2.75) is 152 Å². The van der Waals surface area contributed by atoms with Gasteiger partial charge in [0.15, 0.2) is 0 Å². The molecule has 0 aromatic heterocycles. The van der Waals surface area contributed by atoms with Crippen LogP contribution in [0.2, 0.25) is 0 Å². The standard InChI is InChI=1S/C32H56N8.W/c1-2-10-18-17(9-1)25-33-26(18)38-28-21-13-5-6-14-22(21)30(35-28)40-32-24-16-8-7-15-23(24)31(36-32)39-29-20-12-4-3-11-19(20)27(34-29)37-25;/h17-40H,1-16H2;. The van der Waals surface area contributed by atoms with E-state index in [-0.39, 0.29) is 21.1 Å². The number of hydrogen-bond acceptors (Lipinski definition) is 8. The van der Waals surface area contributed by atoms with Crippen LogP contribution in [0.1, 0.15) is 103 Å². The predicted molar refractivity (Wildman–Crippen MR) is 157 cm³/mol. The van der Waals surface area contributed by atoms with Gasteiger partial charge in [-0.15, -0.1) is 0 Å². The summed E-state index contributed by atoms with van der Waals surface area (Å²) in [6.45, 7) is 0. The fourth-order valence-corrected chi connectivity index (χ4v) is 12.0. The minimum Gasteiger partial charge on any atom is -0.286 e. The van der Waals surface area contributed by atoms with Crippen molar-refractivity contribution in [3.63, 3.8) is 0 Å². The van der Waals surface area contributed by atoms with Crippen molar-refractivity contribution in [3.8, 4) is 0 Å². The molecule has 9 heteroatoms. The predicted octanol–water partition coefficient (Wildman–Crippen LogP) is 2.60. The Balaban J connectivity index is 0.00000256. The van der Waals surface area contributed by atoms with Crippen molar-refractivity contribution in [1.82, 2.24) is 42.5 Å². The second-order valence-electron chi connectivity index (χ2n) is 15.6. The van der Waals surface area contributed by atoms with Gasteiger partial charge in [0.05, 0.1) is 49.3 Å². The third-order valence-corrected chi connectivity index (χ3v) is 13.8. The van der Waals surface area contributed by atoms with Crippen molar-refractivity contribution < 1.29 is 21.1 Å². The Hall–Kier alpha value is 0.368. The molecule has 9 rings (SSSR count). The zero-order valence-corrected chi connectivity index (χ0v) is 27.9. The summed E-state index contributed by atoms with van der Waals surface area (Å²) in [6, 6.07) is 0.